The van der Waals surface area contributed by atoms with Crippen LogP contribution in [-0.2, 0) is 6.54 Å². The molecule has 6 heteroatoms. The molecule has 0 bridgehead atoms. The fourth-order valence-electron chi connectivity index (χ4n) is 1.09. The van der Waals surface area contributed by atoms with E-state index in [1.807, 2.05) is 19.1 Å². The lowest BCUT2D eigenvalue weighted by molar-refractivity contribution is 0.483. The number of rotatable bonds is 4. The SMILES string of the molecule is CCNCc1nnc(-c2ccc(Cl)s2)o1. The fourth-order valence-corrected chi connectivity index (χ4v) is 2.05. The van der Waals surface area contributed by atoms with Crippen LogP contribution in [0.3, 0.4) is 0 Å². The standard InChI is InChI=1S/C9H10ClN3OS/c1-2-11-5-8-12-13-9(14-8)6-3-4-7(10)15-6/h3-4,11H,2,5H2,1H3. The van der Waals surface area contributed by atoms with Gasteiger partial charge in [0.1, 0.15) is 0 Å². The Bertz CT molecular complexity index is 440. The van der Waals surface area contributed by atoms with Gasteiger partial charge in [0.15, 0.2) is 0 Å². The van der Waals surface area contributed by atoms with Gasteiger partial charge < -0.3 is 9.73 Å². The molecule has 0 fully saturated rings. The molecule has 0 unspecified atom stereocenters. The van der Waals surface area contributed by atoms with Gasteiger partial charge in [-0.2, -0.15) is 0 Å². The van der Waals surface area contributed by atoms with Crippen molar-refractivity contribution in [2.45, 2.75) is 13.5 Å². The Hall–Kier alpha value is -0.910. The van der Waals surface area contributed by atoms with Crippen molar-refractivity contribution < 1.29 is 4.42 Å². The molecule has 0 radical (unpaired) electrons. The molecule has 0 amide bonds. The van der Waals surface area contributed by atoms with E-state index in [2.05, 4.69) is 15.5 Å². The molecule has 4 nitrogen and oxygen atoms in total. The average molecular weight is 244 g/mol. The van der Waals surface area contributed by atoms with Gasteiger partial charge in [-0.25, -0.2) is 0 Å². The van der Waals surface area contributed by atoms with Crippen LogP contribution >= 0.6 is 22.9 Å². The maximum absolute atomic E-state index is 5.82. The summed E-state index contributed by atoms with van der Waals surface area (Å²) in [5, 5.41) is 11.0. The minimum absolute atomic E-state index is 0.528. The van der Waals surface area contributed by atoms with E-state index in [0.29, 0.717) is 18.3 Å². The van der Waals surface area contributed by atoms with Crippen LogP contribution in [0, 0.1) is 0 Å². The molecular weight excluding hydrogens is 234 g/mol. The van der Waals surface area contributed by atoms with Gasteiger partial charge >= 0.3 is 0 Å². The van der Waals surface area contributed by atoms with Crippen molar-refractivity contribution in [1.29, 1.82) is 0 Å². The molecule has 2 aromatic rings. The van der Waals surface area contributed by atoms with E-state index < -0.39 is 0 Å². The molecule has 0 aliphatic rings. The zero-order valence-electron chi connectivity index (χ0n) is 8.16. The molecule has 2 heterocycles. The lowest BCUT2D eigenvalue weighted by Crippen LogP contribution is -2.11. The number of thiophene rings is 1. The van der Waals surface area contributed by atoms with Crippen LogP contribution in [0.25, 0.3) is 10.8 Å². The summed E-state index contributed by atoms with van der Waals surface area (Å²) in [4.78, 5) is 0.898. The van der Waals surface area contributed by atoms with Gasteiger partial charge in [-0.3, -0.25) is 0 Å². The molecule has 0 saturated heterocycles. The molecule has 0 saturated carbocycles. The minimum atomic E-state index is 0.528. The summed E-state index contributed by atoms with van der Waals surface area (Å²) in [6.07, 6.45) is 0. The molecular formula is C9H10ClN3OS. The smallest absolute Gasteiger partial charge is 0.257 e. The zero-order valence-corrected chi connectivity index (χ0v) is 9.73. The third kappa shape index (κ3) is 2.56. The zero-order chi connectivity index (χ0) is 10.7. The first-order valence-electron chi connectivity index (χ1n) is 4.58. The second-order valence-corrected chi connectivity index (χ2v) is 4.60. The van der Waals surface area contributed by atoms with Gasteiger partial charge in [0.25, 0.3) is 5.89 Å². The average Bonchev–Trinajstić information content (AvgIpc) is 2.83. The maximum Gasteiger partial charge on any atom is 0.257 e. The highest BCUT2D eigenvalue weighted by molar-refractivity contribution is 7.19. The Labute approximate surface area is 96.3 Å². The summed E-state index contributed by atoms with van der Waals surface area (Å²) < 4.78 is 6.17. The van der Waals surface area contributed by atoms with Crippen LogP contribution in [0.1, 0.15) is 12.8 Å². The molecule has 2 aromatic heterocycles. The van der Waals surface area contributed by atoms with Crippen molar-refractivity contribution in [3.8, 4) is 10.8 Å². The summed E-state index contributed by atoms with van der Waals surface area (Å²) >= 11 is 7.24. The Morgan fingerprint density at radius 1 is 1.47 bits per heavy atom. The number of nitrogens with zero attached hydrogens (tertiary/aromatic N) is 2. The summed E-state index contributed by atoms with van der Waals surface area (Å²) in [6, 6.07) is 3.69. The van der Waals surface area contributed by atoms with Crippen LogP contribution in [0.5, 0.6) is 0 Å². The van der Waals surface area contributed by atoms with E-state index in [1.165, 1.54) is 11.3 Å². The van der Waals surface area contributed by atoms with Crippen molar-refractivity contribution in [1.82, 2.24) is 15.5 Å². The Balaban J connectivity index is 2.13. The van der Waals surface area contributed by atoms with Crippen LogP contribution in [-0.4, -0.2) is 16.7 Å². The second-order valence-electron chi connectivity index (χ2n) is 2.89. The van der Waals surface area contributed by atoms with Gasteiger partial charge in [-0.05, 0) is 18.7 Å². The van der Waals surface area contributed by atoms with Gasteiger partial charge in [0.2, 0.25) is 5.89 Å². The largest absolute Gasteiger partial charge is 0.419 e. The van der Waals surface area contributed by atoms with Crippen LogP contribution < -0.4 is 5.32 Å². The number of aromatic nitrogens is 2. The Kier molecular flexibility index (Phi) is 3.35. The molecule has 0 aromatic carbocycles. The highest BCUT2D eigenvalue weighted by Crippen LogP contribution is 2.29. The second kappa shape index (κ2) is 4.74. The van der Waals surface area contributed by atoms with Crippen molar-refractivity contribution in [2.24, 2.45) is 0 Å². The van der Waals surface area contributed by atoms with Gasteiger partial charge in [0, 0.05) is 0 Å². The predicted octanol–water partition coefficient (Wildman–Crippen LogP) is 2.56. The van der Waals surface area contributed by atoms with E-state index in [4.69, 9.17) is 16.0 Å². The molecule has 1 N–H and O–H groups in total. The first-order chi connectivity index (χ1) is 7.29. The van der Waals surface area contributed by atoms with Gasteiger partial charge in [-0.1, -0.05) is 18.5 Å². The van der Waals surface area contributed by atoms with Crippen molar-refractivity contribution in [3.05, 3.63) is 22.4 Å². The first-order valence-corrected chi connectivity index (χ1v) is 5.78. The highest BCUT2D eigenvalue weighted by atomic mass is 35.5. The van der Waals surface area contributed by atoms with Crippen LogP contribution in [0.15, 0.2) is 16.5 Å². The van der Waals surface area contributed by atoms with Crippen LogP contribution in [0.2, 0.25) is 4.34 Å². The third-order valence-electron chi connectivity index (χ3n) is 1.78. The van der Waals surface area contributed by atoms with Crippen LogP contribution in [0.4, 0.5) is 0 Å². The molecule has 0 aliphatic heterocycles. The molecule has 15 heavy (non-hydrogen) atoms. The lowest BCUT2D eigenvalue weighted by Gasteiger charge is -1.93. The van der Waals surface area contributed by atoms with Gasteiger partial charge in [-0.15, -0.1) is 21.5 Å². The molecule has 0 spiro atoms. The fraction of sp³-hybridized carbons (Fsp3) is 0.333. The predicted molar refractivity (Wildman–Crippen MR) is 60.0 cm³/mol. The summed E-state index contributed by atoms with van der Waals surface area (Å²) in [7, 11) is 0. The van der Waals surface area contributed by atoms with Crippen molar-refractivity contribution >= 4 is 22.9 Å². The topological polar surface area (TPSA) is 51.0 Å². The van der Waals surface area contributed by atoms with Crippen molar-refractivity contribution in [2.75, 3.05) is 6.54 Å². The number of hydrogen-bond acceptors (Lipinski definition) is 5. The van der Waals surface area contributed by atoms with E-state index in [1.54, 1.807) is 0 Å². The molecule has 80 valence electrons. The summed E-state index contributed by atoms with van der Waals surface area (Å²) in [5.74, 6) is 1.12. The van der Waals surface area contributed by atoms with E-state index in [-0.39, 0.29) is 0 Å². The highest BCUT2D eigenvalue weighted by Gasteiger charge is 2.09. The number of hydrogen-bond donors (Lipinski definition) is 1. The Morgan fingerprint density at radius 3 is 3.00 bits per heavy atom. The molecule has 0 aliphatic carbocycles. The number of halogens is 1. The quantitative estimate of drug-likeness (QED) is 0.897. The van der Waals surface area contributed by atoms with E-state index >= 15 is 0 Å². The monoisotopic (exact) mass is 243 g/mol. The van der Waals surface area contributed by atoms with Gasteiger partial charge in [0.05, 0.1) is 15.8 Å². The molecule has 2 rings (SSSR count). The summed E-state index contributed by atoms with van der Waals surface area (Å²) in [6.45, 7) is 3.50. The Morgan fingerprint density at radius 2 is 2.33 bits per heavy atom. The van der Waals surface area contributed by atoms with E-state index in [0.717, 1.165) is 15.8 Å². The molecule has 0 atom stereocenters. The summed E-state index contributed by atoms with van der Waals surface area (Å²) in [5.41, 5.74) is 0. The normalized spacial score (nSPS) is 10.8. The van der Waals surface area contributed by atoms with E-state index in [9.17, 15) is 0 Å². The number of nitrogens with one attached hydrogen (secondary N) is 1. The first kappa shape index (κ1) is 10.6. The lowest BCUT2D eigenvalue weighted by atomic mass is 10.5. The van der Waals surface area contributed by atoms with Crippen molar-refractivity contribution in [3.63, 3.8) is 0 Å². The minimum Gasteiger partial charge on any atom is -0.419 e. The third-order valence-corrected chi connectivity index (χ3v) is 3.00. The maximum atomic E-state index is 5.82.